The average molecular weight is 149 g/mol. The van der Waals surface area contributed by atoms with Crippen LogP contribution in [-0.4, -0.2) is 12.5 Å². The van der Waals surface area contributed by atoms with Gasteiger partial charge in [-0.3, -0.25) is 0 Å². The summed E-state index contributed by atoms with van der Waals surface area (Å²) in [7, 11) is 0. The maximum absolute atomic E-state index is 10.4. The van der Waals surface area contributed by atoms with Crippen LogP contribution in [0.25, 0.3) is 5.32 Å². The second-order valence-corrected chi connectivity index (χ2v) is 1.78. The second kappa shape index (κ2) is 9.21. The number of amides is 1. The van der Waals surface area contributed by atoms with E-state index in [0.29, 0.717) is 6.54 Å². The van der Waals surface area contributed by atoms with E-state index in [1.807, 2.05) is 0 Å². The zero-order valence-electron chi connectivity index (χ0n) is 6.76. The van der Waals surface area contributed by atoms with Crippen molar-refractivity contribution in [3.05, 3.63) is 18.0 Å². The molecule has 2 nitrogen and oxygen atoms in total. The Morgan fingerprint density at radius 1 is 1.70 bits per heavy atom. The molecular formula is C7H12NNaO. The van der Waals surface area contributed by atoms with Crippen LogP contribution in [0.5, 0.6) is 0 Å². The van der Waals surface area contributed by atoms with Crippen LogP contribution in [0, 0.1) is 0 Å². The topological polar surface area (TPSA) is 31.2 Å². The molecule has 0 heterocycles. The van der Waals surface area contributed by atoms with Gasteiger partial charge in [-0.15, -0.1) is 6.54 Å². The van der Waals surface area contributed by atoms with Crippen LogP contribution in [0.4, 0.5) is 0 Å². The summed E-state index contributed by atoms with van der Waals surface area (Å²) in [6.07, 6.45) is 3.29. The fraction of sp³-hybridized carbons (Fsp3) is 0.571. The Balaban J connectivity index is 0. The summed E-state index contributed by atoms with van der Waals surface area (Å²) >= 11 is 0. The van der Waals surface area contributed by atoms with Crippen LogP contribution in [0.2, 0.25) is 0 Å². The van der Waals surface area contributed by atoms with Gasteiger partial charge < -0.3 is 10.1 Å². The van der Waals surface area contributed by atoms with Crippen molar-refractivity contribution in [2.24, 2.45) is 0 Å². The number of hydrogen-bond donors (Lipinski definition) is 0. The van der Waals surface area contributed by atoms with Crippen LogP contribution in [0.3, 0.4) is 0 Å². The van der Waals surface area contributed by atoms with Crippen LogP contribution in [0.15, 0.2) is 12.7 Å². The van der Waals surface area contributed by atoms with Crippen molar-refractivity contribution in [2.75, 3.05) is 6.54 Å². The van der Waals surface area contributed by atoms with Crippen molar-refractivity contribution in [3.63, 3.8) is 0 Å². The van der Waals surface area contributed by atoms with Gasteiger partial charge in [0, 0.05) is 0 Å². The van der Waals surface area contributed by atoms with E-state index in [-0.39, 0.29) is 35.5 Å². The van der Waals surface area contributed by atoms with E-state index in [1.165, 1.54) is 6.08 Å². The summed E-state index contributed by atoms with van der Waals surface area (Å²) in [5.41, 5.74) is 0. The van der Waals surface area contributed by atoms with Gasteiger partial charge >= 0.3 is 29.6 Å². The number of nitrogens with zero attached hydrogens (tertiary/aromatic N) is 1. The maximum atomic E-state index is 10.4. The molecule has 0 fully saturated rings. The Morgan fingerprint density at radius 3 is 2.70 bits per heavy atom. The summed E-state index contributed by atoms with van der Waals surface area (Å²) in [5, 5.41) is 3.68. The SMILES string of the molecule is C=CC(=O)[N-]CCCC.[Na+]. The second-order valence-electron chi connectivity index (χ2n) is 1.78. The molecule has 0 N–H and O–H groups in total. The van der Waals surface area contributed by atoms with E-state index in [2.05, 4.69) is 18.8 Å². The first-order valence-corrected chi connectivity index (χ1v) is 3.15. The molecule has 10 heavy (non-hydrogen) atoms. The molecule has 3 heteroatoms. The molecule has 0 radical (unpaired) electrons. The van der Waals surface area contributed by atoms with Crippen molar-refractivity contribution < 1.29 is 34.4 Å². The van der Waals surface area contributed by atoms with Crippen LogP contribution in [-0.2, 0) is 4.79 Å². The van der Waals surface area contributed by atoms with E-state index >= 15 is 0 Å². The smallest absolute Gasteiger partial charge is 0.650 e. The van der Waals surface area contributed by atoms with Gasteiger partial charge in [-0.05, 0) is 6.08 Å². The third-order valence-electron chi connectivity index (χ3n) is 0.954. The van der Waals surface area contributed by atoms with Crippen molar-refractivity contribution in [3.8, 4) is 0 Å². The minimum absolute atomic E-state index is 0. The minimum Gasteiger partial charge on any atom is -0.650 e. The van der Waals surface area contributed by atoms with Gasteiger partial charge in [-0.25, -0.2) is 0 Å². The van der Waals surface area contributed by atoms with Gasteiger partial charge in [0.2, 0.25) is 0 Å². The minimum atomic E-state index is -0.205. The zero-order chi connectivity index (χ0) is 7.11. The fourth-order valence-corrected chi connectivity index (χ4v) is 0.412. The normalized spacial score (nSPS) is 7.70. The van der Waals surface area contributed by atoms with E-state index in [1.54, 1.807) is 0 Å². The van der Waals surface area contributed by atoms with Gasteiger partial charge in [0.1, 0.15) is 0 Å². The Hall–Kier alpha value is 0.210. The van der Waals surface area contributed by atoms with Crippen LogP contribution < -0.4 is 29.6 Å². The Kier molecular flexibility index (Phi) is 11.8. The predicted octanol–water partition coefficient (Wildman–Crippen LogP) is -1.12. The predicted molar refractivity (Wildman–Crippen MR) is 38.3 cm³/mol. The van der Waals surface area contributed by atoms with Gasteiger partial charge in [0.25, 0.3) is 0 Å². The molecule has 52 valence electrons. The summed E-state index contributed by atoms with van der Waals surface area (Å²) in [5.74, 6) is -0.205. The van der Waals surface area contributed by atoms with Gasteiger partial charge in [-0.1, -0.05) is 26.3 Å². The summed E-state index contributed by atoms with van der Waals surface area (Å²) in [6.45, 7) is 6.00. The summed E-state index contributed by atoms with van der Waals surface area (Å²) in [6, 6.07) is 0. The summed E-state index contributed by atoms with van der Waals surface area (Å²) < 4.78 is 0. The van der Waals surface area contributed by atoms with Crippen molar-refractivity contribution in [2.45, 2.75) is 19.8 Å². The molecule has 0 aromatic heterocycles. The molecular weight excluding hydrogens is 137 g/mol. The average Bonchev–Trinajstić information content (AvgIpc) is 1.89. The first-order chi connectivity index (χ1) is 4.31. The Labute approximate surface area is 84.4 Å². The van der Waals surface area contributed by atoms with E-state index in [0.717, 1.165) is 12.8 Å². The molecule has 0 aliphatic rings. The van der Waals surface area contributed by atoms with Gasteiger partial charge in [0.05, 0.1) is 5.91 Å². The van der Waals surface area contributed by atoms with Gasteiger partial charge in [0.15, 0.2) is 0 Å². The molecule has 0 aliphatic heterocycles. The summed E-state index contributed by atoms with van der Waals surface area (Å²) in [4.78, 5) is 10.4. The third kappa shape index (κ3) is 8.21. The largest absolute Gasteiger partial charge is 1.00 e. The van der Waals surface area contributed by atoms with Crippen LogP contribution in [0.1, 0.15) is 19.8 Å². The van der Waals surface area contributed by atoms with Crippen LogP contribution >= 0.6 is 0 Å². The van der Waals surface area contributed by atoms with E-state index in [9.17, 15) is 4.79 Å². The molecule has 1 amide bonds. The number of carbonyl (C=O) groups is 1. The number of hydrogen-bond acceptors (Lipinski definition) is 1. The fourth-order valence-electron chi connectivity index (χ4n) is 0.412. The van der Waals surface area contributed by atoms with E-state index in [4.69, 9.17) is 0 Å². The molecule has 0 unspecified atom stereocenters. The van der Waals surface area contributed by atoms with E-state index < -0.39 is 0 Å². The Morgan fingerprint density at radius 2 is 2.30 bits per heavy atom. The molecule has 0 aromatic rings. The molecule has 0 atom stereocenters. The molecule has 0 aliphatic carbocycles. The molecule has 0 bridgehead atoms. The zero-order valence-corrected chi connectivity index (χ0v) is 8.76. The number of rotatable bonds is 4. The number of unbranched alkanes of at least 4 members (excludes halogenated alkanes) is 1. The van der Waals surface area contributed by atoms with Crippen molar-refractivity contribution in [1.29, 1.82) is 0 Å². The molecule has 0 saturated heterocycles. The molecule has 0 saturated carbocycles. The first kappa shape index (κ1) is 12.8. The quantitative estimate of drug-likeness (QED) is 0.283. The van der Waals surface area contributed by atoms with Crippen molar-refractivity contribution in [1.82, 2.24) is 0 Å². The Bertz CT molecular complexity index is 104. The molecule has 0 aromatic carbocycles. The molecule has 0 spiro atoms. The monoisotopic (exact) mass is 149 g/mol. The third-order valence-corrected chi connectivity index (χ3v) is 0.954. The first-order valence-electron chi connectivity index (χ1n) is 3.15. The standard InChI is InChI=1S/C7H13NO.Na/c1-3-5-6-8-7(9)4-2;/h4H,2-3,5-6H2,1H3,(H,8,9);/q;+1/p-1. The molecule has 0 rings (SSSR count). The van der Waals surface area contributed by atoms with Crippen molar-refractivity contribution >= 4 is 5.91 Å². The number of carbonyl (C=O) groups excluding carboxylic acids is 1. The maximum Gasteiger partial charge on any atom is 1.00 e. The van der Waals surface area contributed by atoms with Gasteiger partial charge in [-0.2, -0.15) is 0 Å².